The molecule has 0 spiro atoms. The van der Waals surface area contributed by atoms with E-state index in [9.17, 15) is 9.18 Å². The van der Waals surface area contributed by atoms with E-state index in [1.807, 2.05) is 13.0 Å². The van der Waals surface area contributed by atoms with Crippen molar-refractivity contribution >= 4 is 5.91 Å². The van der Waals surface area contributed by atoms with Crippen molar-refractivity contribution < 1.29 is 9.18 Å². The summed E-state index contributed by atoms with van der Waals surface area (Å²) < 4.78 is 13.4. The number of nitrogens with zero attached hydrogens (tertiary/aromatic N) is 2. The molecule has 2 fully saturated rings. The minimum atomic E-state index is -0.158. The molecular formula is C18H25FN2O. The minimum absolute atomic E-state index is 0.158. The molecular weight excluding hydrogens is 279 g/mol. The Bertz CT molecular complexity index is 538. The molecule has 0 radical (unpaired) electrons. The molecule has 2 heterocycles. The third-order valence-electron chi connectivity index (χ3n) is 5.06. The number of benzene rings is 1. The monoisotopic (exact) mass is 304 g/mol. The zero-order valence-corrected chi connectivity index (χ0v) is 13.4. The van der Waals surface area contributed by atoms with Crippen molar-refractivity contribution in [2.75, 3.05) is 19.6 Å². The van der Waals surface area contributed by atoms with Gasteiger partial charge >= 0.3 is 0 Å². The molecule has 1 aromatic rings. The molecule has 0 aliphatic carbocycles. The molecule has 120 valence electrons. The summed E-state index contributed by atoms with van der Waals surface area (Å²) in [5, 5.41) is 0. The Morgan fingerprint density at radius 1 is 1.18 bits per heavy atom. The number of rotatable bonds is 3. The van der Waals surface area contributed by atoms with Crippen molar-refractivity contribution in [3.8, 4) is 0 Å². The molecule has 3 nitrogen and oxygen atoms in total. The van der Waals surface area contributed by atoms with Crippen LogP contribution in [-0.2, 0) is 11.3 Å². The molecule has 2 saturated heterocycles. The lowest BCUT2D eigenvalue weighted by atomic mass is 9.98. The van der Waals surface area contributed by atoms with Crippen LogP contribution in [0.3, 0.4) is 0 Å². The third kappa shape index (κ3) is 3.49. The number of hydrogen-bond acceptors (Lipinski definition) is 2. The summed E-state index contributed by atoms with van der Waals surface area (Å²) in [5.41, 5.74) is 2.22. The van der Waals surface area contributed by atoms with Gasteiger partial charge in [0, 0.05) is 38.6 Å². The summed E-state index contributed by atoms with van der Waals surface area (Å²) in [6.45, 7) is 5.76. The highest BCUT2D eigenvalue weighted by Gasteiger charge is 2.29. The maximum atomic E-state index is 13.4. The van der Waals surface area contributed by atoms with Gasteiger partial charge in [0.2, 0.25) is 5.91 Å². The van der Waals surface area contributed by atoms with E-state index in [1.54, 1.807) is 6.07 Å². The largest absolute Gasteiger partial charge is 0.340 e. The zero-order chi connectivity index (χ0) is 15.5. The van der Waals surface area contributed by atoms with Crippen LogP contribution in [0.1, 0.15) is 43.2 Å². The number of carbonyl (C=O) groups is 1. The fourth-order valence-electron chi connectivity index (χ4n) is 3.65. The van der Waals surface area contributed by atoms with Crippen LogP contribution in [0.15, 0.2) is 18.2 Å². The zero-order valence-electron chi connectivity index (χ0n) is 13.4. The molecule has 1 amide bonds. The lowest BCUT2D eigenvalue weighted by molar-refractivity contribution is -0.136. The predicted octanol–water partition coefficient (Wildman–Crippen LogP) is 3.11. The highest BCUT2D eigenvalue weighted by molar-refractivity contribution is 5.77. The standard InChI is InChI=1S/C18H25FN2O/c1-14-5-6-16(19)12-15(14)13-20-10-7-17(8-11-20)21-9-3-2-4-18(21)22/h5-6,12,17H,2-4,7-11,13H2,1H3. The van der Waals surface area contributed by atoms with Gasteiger partial charge in [-0.25, -0.2) is 4.39 Å². The van der Waals surface area contributed by atoms with E-state index in [1.165, 1.54) is 6.07 Å². The topological polar surface area (TPSA) is 23.6 Å². The summed E-state index contributed by atoms with van der Waals surface area (Å²) in [4.78, 5) is 16.5. The van der Waals surface area contributed by atoms with Gasteiger partial charge < -0.3 is 4.90 Å². The molecule has 2 aliphatic rings. The Balaban J connectivity index is 1.55. The second kappa shape index (κ2) is 6.78. The van der Waals surface area contributed by atoms with Gasteiger partial charge in [0.15, 0.2) is 0 Å². The number of aryl methyl sites for hydroxylation is 1. The van der Waals surface area contributed by atoms with Crippen LogP contribution in [0.5, 0.6) is 0 Å². The molecule has 4 heteroatoms. The van der Waals surface area contributed by atoms with E-state index in [4.69, 9.17) is 0 Å². The van der Waals surface area contributed by atoms with Gasteiger partial charge in [-0.3, -0.25) is 9.69 Å². The molecule has 0 unspecified atom stereocenters. The smallest absolute Gasteiger partial charge is 0.222 e. The van der Waals surface area contributed by atoms with Gasteiger partial charge in [-0.1, -0.05) is 6.07 Å². The molecule has 0 bridgehead atoms. The van der Waals surface area contributed by atoms with E-state index in [-0.39, 0.29) is 5.82 Å². The molecule has 0 N–H and O–H groups in total. The van der Waals surface area contributed by atoms with E-state index in [0.717, 1.165) is 69.4 Å². The summed E-state index contributed by atoms with van der Waals surface area (Å²) in [6, 6.07) is 5.43. The van der Waals surface area contributed by atoms with Gasteiger partial charge in [-0.2, -0.15) is 0 Å². The molecule has 0 saturated carbocycles. The molecule has 0 atom stereocenters. The lowest BCUT2D eigenvalue weighted by Crippen LogP contribution is -2.48. The van der Waals surface area contributed by atoms with Crippen molar-refractivity contribution in [3.63, 3.8) is 0 Å². The Labute approximate surface area is 132 Å². The first kappa shape index (κ1) is 15.5. The van der Waals surface area contributed by atoms with Gasteiger partial charge in [-0.05, 0) is 55.9 Å². The van der Waals surface area contributed by atoms with Gasteiger partial charge in [-0.15, -0.1) is 0 Å². The van der Waals surface area contributed by atoms with E-state index < -0.39 is 0 Å². The quantitative estimate of drug-likeness (QED) is 0.856. The molecule has 3 rings (SSSR count). The fraction of sp³-hybridized carbons (Fsp3) is 0.611. The second-order valence-corrected chi connectivity index (χ2v) is 6.62. The third-order valence-corrected chi connectivity index (χ3v) is 5.06. The summed E-state index contributed by atoms with van der Waals surface area (Å²) in [6.07, 6.45) is 5.00. The highest BCUT2D eigenvalue weighted by Crippen LogP contribution is 2.23. The van der Waals surface area contributed by atoms with Crippen molar-refractivity contribution in [3.05, 3.63) is 35.1 Å². The lowest BCUT2D eigenvalue weighted by Gasteiger charge is -2.40. The average molecular weight is 304 g/mol. The van der Waals surface area contributed by atoms with Crippen LogP contribution in [0, 0.1) is 12.7 Å². The van der Waals surface area contributed by atoms with Gasteiger partial charge in [0.05, 0.1) is 0 Å². The van der Waals surface area contributed by atoms with Gasteiger partial charge in [0.1, 0.15) is 5.82 Å². The van der Waals surface area contributed by atoms with E-state index in [0.29, 0.717) is 11.9 Å². The Morgan fingerprint density at radius 3 is 2.68 bits per heavy atom. The minimum Gasteiger partial charge on any atom is -0.340 e. The first-order chi connectivity index (χ1) is 10.6. The average Bonchev–Trinajstić information content (AvgIpc) is 2.52. The van der Waals surface area contributed by atoms with Crippen molar-refractivity contribution in [2.24, 2.45) is 0 Å². The predicted molar refractivity (Wildman–Crippen MR) is 85.0 cm³/mol. The first-order valence-electron chi connectivity index (χ1n) is 8.40. The van der Waals surface area contributed by atoms with Crippen LogP contribution in [0.25, 0.3) is 0 Å². The van der Waals surface area contributed by atoms with Crippen LogP contribution in [0.4, 0.5) is 4.39 Å². The van der Waals surface area contributed by atoms with E-state index >= 15 is 0 Å². The summed E-state index contributed by atoms with van der Waals surface area (Å²) >= 11 is 0. The fourth-order valence-corrected chi connectivity index (χ4v) is 3.65. The molecule has 2 aliphatic heterocycles. The number of hydrogen-bond donors (Lipinski definition) is 0. The van der Waals surface area contributed by atoms with Crippen LogP contribution in [0.2, 0.25) is 0 Å². The normalized spacial score (nSPS) is 21.4. The Morgan fingerprint density at radius 2 is 1.95 bits per heavy atom. The summed E-state index contributed by atoms with van der Waals surface area (Å²) in [7, 11) is 0. The molecule has 1 aromatic carbocycles. The van der Waals surface area contributed by atoms with Crippen molar-refractivity contribution in [2.45, 2.75) is 51.6 Å². The molecule has 0 aromatic heterocycles. The Hall–Kier alpha value is -1.42. The summed E-state index contributed by atoms with van der Waals surface area (Å²) in [5.74, 6) is 0.181. The van der Waals surface area contributed by atoms with Gasteiger partial charge in [0.25, 0.3) is 0 Å². The first-order valence-corrected chi connectivity index (χ1v) is 8.40. The molecule has 22 heavy (non-hydrogen) atoms. The number of carbonyl (C=O) groups excluding carboxylic acids is 1. The van der Waals surface area contributed by atoms with E-state index in [2.05, 4.69) is 9.80 Å². The maximum Gasteiger partial charge on any atom is 0.222 e. The number of likely N-dealkylation sites (tertiary alicyclic amines) is 2. The van der Waals surface area contributed by atoms with Crippen molar-refractivity contribution in [1.82, 2.24) is 9.80 Å². The van der Waals surface area contributed by atoms with Crippen LogP contribution < -0.4 is 0 Å². The Kier molecular flexibility index (Phi) is 4.77. The second-order valence-electron chi connectivity index (χ2n) is 6.62. The number of halogens is 1. The maximum absolute atomic E-state index is 13.4. The van der Waals surface area contributed by atoms with Crippen LogP contribution in [-0.4, -0.2) is 41.4 Å². The number of amides is 1. The van der Waals surface area contributed by atoms with Crippen molar-refractivity contribution in [1.29, 1.82) is 0 Å². The highest BCUT2D eigenvalue weighted by atomic mass is 19.1. The van der Waals surface area contributed by atoms with Crippen LogP contribution >= 0.6 is 0 Å². The number of piperidine rings is 2. The SMILES string of the molecule is Cc1ccc(F)cc1CN1CCC(N2CCCCC2=O)CC1.